The van der Waals surface area contributed by atoms with E-state index in [1.54, 1.807) is 0 Å². The van der Waals surface area contributed by atoms with Crippen molar-refractivity contribution in [1.29, 1.82) is 0 Å². The lowest BCUT2D eigenvalue weighted by Gasteiger charge is -1.99. The molecule has 0 atom stereocenters. The first-order chi connectivity index (χ1) is 8.33. The zero-order valence-corrected chi connectivity index (χ0v) is 10.7. The highest BCUT2D eigenvalue weighted by Gasteiger charge is 1.93. The average molecular weight is 255 g/mol. The molecule has 17 heavy (non-hydrogen) atoms. The van der Waals surface area contributed by atoms with Gasteiger partial charge in [0.25, 0.3) is 0 Å². The average Bonchev–Trinajstić information content (AvgIpc) is 2.91. The molecule has 0 aromatic heterocycles. The molecule has 3 nitrogen and oxygen atoms in total. The maximum atomic E-state index is 9.92. The fourth-order valence-electron chi connectivity index (χ4n) is 1.55. The molecule has 0 radical (unpaired) electrons. The first-order valence-corrected chi connectivity index (χ1v) is 6.33. The highest BCUT2D eigenvalue weighted by Crippen LogP contribution is 2.09. The van der Waals surface area contributed by atoms with Gasteiger partial charge in [0.1, 0.15) is 0 Å². The van der Waals surface area contributed by atoms with E-state index in [2.05, 4.69) is 10.6 Å². The van der Waals surface area contributed by atoms with E-state index in [0.717, 1.165) is 11.4 Å². The molecule has 0 unspecified atom stereocenters. The fraction of sp³-hybridized carbons (Fsp3) is 0.462. The largest absolute Gasteiger partial charge is 0.358 e. The van der Waals surface area contributed by atoms with Crippen LogP contribution in [0.1, 0.15) is 18.4 Å². The quantitative estimate of drug-likeness (QED) is 0.638. The maximum Gasteiger partial charge on any atom is 0.207 e. The predicted octanol–water partition coefficient (Wildman–Crippen LogP) is 2.00. The number of amides is 1. The van der Waals surface area contributed by atoms with Crippen LogP contribution in [-0.4, -0.2) is 26.0 Å². The summed E-state index contributed by atoms with van der Waals surface area (Å²) in [7, 11) is 0. The summed E-state index contributed by atoms with van der Waals surface area (Å²) in [5, 5.41) is 6.56. The van der Waals surface area contributed by atoms with Crippen LogP contribution >= 0.6 is 11.6 Å². The van der Waals surface area contributed by atoms with Crippen molar-refractivity contribution in [2.45, 2.75) is 19.3 Å². The van der Waals surface area contributed by atoms with Crippen molar-refractivity contribution < 1.29 is 4.79 Å². The van der Waals surface area contributed by atoms with Crippen LogP contribution < -0.4 is 10.6 Å². The molecule has 1 heterocycles. The Morgan fingerprint density at radius 2 is 1.88 bits per heavy atom. The zero-order valence-electron chi connectivity index (χ0n) is 9.92. The number of carbonyl (C=O) groups is 1. The van der Waals surface area contributed by atoms with Gasteiger partial charge in [0.05, 0.1) is 0 Å². The van der Waals surface area contributed by atoms with Crippen molar-refractivity contribution in [1.82, 2.24) is 10.6 Å². The first kappa shape index (κ1) is 14.0. The number of carbonyl (C=O) groups excluding carboxylic acids is 1. The van der Waals surface area contributed by atoms with Gasteiger partial charge in [-0.3, -0.25) is 4.79 Å². The first-order valence-electron chi connectivity index (χ1n) is 5.95. The Hall–Kier alpha value is -1.06. The Morgan fingerprint density at radius 3 is 2.35 bits per heavy atom. The van der Waals surface area contributed by atoms with E-state index in [1.807, 2.05) is 24.3 Å². The van der Waals surface area contributed by atoms with E-state index >= 15 is 0 Å². The molecule has 0 aliphatic carbocycles. The Bertz CT molecular complexity index is 302. The molecule has 2 rings (SSSR count). The molecule has 1 aliphatic heterocycles. The zero-order chi connectivity index (χ0) is 12.3. The van der Waals surface area contributed by atoms with Gasteiger partial charge in [-0.25, -0.2) is 0 Å². The third kappa shape index (κ3) is 6.97. The van der Waals surface area contributed by atoms with Crippen molar-refractivity contribution in [2.75, 3.05) is 19.6 Å². The van der Waals surface area contributed by atoms with E-state index < -0.39 is 0 Å². The fourth-order valence-corrected chi connectivity index (χ4v) is 1.68. The summed E-state index contributed by atoms with van der Waals surface area (Å²) < 4.78 is 0. The van der Waals surface area contributed by atoms with E-state index in [-0.39, 0.29) is 0 Å². The van der Waals surface area contributed by atoms with Crippen LogP contribution in [0.25, 0.3) is 0 Å². The molecule has 1 aromatic carbocycles. The monoisotopic (exact) mass is 254 g/mol. The molecule has 4 heteroatoms. The third-order valence-corrected chi connectivity index (χ3v) is 2.76. The molecular formula is C13H19ClN2O. The molecule has 0 bridgehead atoms. The highest BCUT2D eigenvalue weighted by molar-refractivity contribution is 6.30. The second-order valence-corrected chi connectivity index (χ2v) is 4.34. The molecule has 2 N–H and O–H groups in total. The van der Waals surface area contributed by atoms with Crippen molar-refractivity contribution in [2.24, 2.45) is 0 Å². The summed E-state index contributed by atoms with van der Waals surface area (Å²) >= 11 is 5.70. The number of benzene rings is 1. The van der Waals surface area contributed by atoms with Crippen LogP contribution in [-0.2, 0) is 11.2 Å². The van der Waals surface area contributed by atoms with Crippen LogP contribution in [0.5, 0.6) is 0 Å². The van der Waals surface area contributed by atoms with Gasteiger partial charge < -0.3 is 10.6 Å². The third-order valence-electron chi connectivity index (χ3n) is 2.51. The van der Waals surface area contributed by atoms with E-state index in [9.17, 15) is 4.79 Å². The topological polar surface area (TPSA) is 41.1 Å². The summed E-state index contributed by atoms with van der Waals surface area (Å²) in [5.74, 6) is 0. The van der Waals surface area contributed by atoms with Crippen molar-refractivity contribution in [3.05, 3.63) is 34.9 Å². The van der Waals surface area contributed by atoms with Gasteiger partial charge in [0.15, 0.2) is 0 Å². The highest BCUT2D eigenvalue weighted by atomic mass is 35.5. The van der Waals surface area contributed by atoms with Crippen LogP contribution in [0.15, 0.2) is 24.3 Å². The summed E-state index contributed by atoms with van der Waals surface area (Å²) in [6.45, 7) is 3.17. The van der Waals surface area contributed by atoms with Crippen molar-refractivity contribution in [3.8, 4) is 0 Å². The molecule has 1 amide bonds. The van der Waals surface area contributed by atoms with Crippen LogP contribution in [0.3, 0.4) is 0 Å². The summed E-state index contributed by atoms with van der Waals surface area (Å²) in [4.78, 5) is 9.92. The Balaban J connectivity index is 0.000000239. The Kier molecular flexibility index (Phi) is 7.43. The lowest BCUT2D eigenvalue weighted by Crippen LogP contribution is -2.14. The minimum Gasteiger partial charge on any atom is -0.358 e. The molecule has 1 saturated heterocycles. The van der Waals surface area contributed by atoms with Gasteiger partial charge >= 0.3 is 0 Å². The normalized spacial score (nSPS) is 13.7. The number of hydrogen-bond acceptors (Lipinski definition) is 2. The van der Waals surface area contributed by atoms with Gasteiger partial charge in [-0.2, -0.15) is 0 Å². The maximum absolute atomic E-state index is 9.92. The molecule has 1 aliphatic rings. The number of nitrogens with one attached hydrogen (secondary N) is 2. The van der Waals surface area contributed by atoms with E-state index in [1.165, 1.54) is 31.5 Å². The molecular weight excluding hydrogens is 236 g/mol. The molecule has 1 aromatic rings. The minimum absolute atomic E-state index is 0.672. The molecule has 0 saturated carbocycles. The van der Waals surface area contributed by atoms with E-state index in [4.69, 9.17) is 11.6 Å². The minimum atomic E-state index is 0.672. The second-order valence-electron chi connectivity index (χ2n) is 3.91. The van der Waals surface area contributed by atoms with Gasteiger partial charge in [0, 0.05) is 11.6 Å². The lowest BCUT2D eigenvalue weighted by molar-refractivity contribution is -0.109. The predicted molar refractivity (Wildman–Crippen MR) is 71.3 cm³/mol. The van der Waals surface area contributed by atoms with Gasteiger partial charge in [-0.1, -0.05) is 23.7 Å². The van der Waals surface area contributed by atoms with Crippen molar-refractivity contribution in [3.63, 3.8) is 0 Å². The number of rotatable bonds is 4. The summed E-state index contributed by atoms with van der Waals surface area (Å²) in [6.07, 6.45) is 4.33. The van der Waals surface area contributed by atoms with Gasteiger partial charge in [0.2, 0.25) is 6.41 Å². The van der Waals surface area contributed by atoms with Crippen LogP contribution in [0.4, 0.5) is 0 Å². The number of hydrogen-bond donors (Lipinski definition) is 2. The molecule has 1 fully saturated rings. The second kappa shape index (κ2) is 9.02. The van der Waals surface area contributed by atoms with Crippen LogP contribution in [0, 0.1) is 0 Å². The smallest absolute Gasteiger partial charge is 0.207 e. The van der Waals surface area contributed by atoms with Crippen molar-refractivity contribution >= 4 is 18.0 Å². The summed E-state index contributed by atoms with van der Waals surface area (Å²) in [6, 6.07) is 7.60. The van der Waals surface area contributed by atoms with Gasteiger partial charge in [-0.05, 0) is 50.0 Å². The lowest BCUT2D eigenvalue weighted by atomic mass is 10.1. The molecule has 94 valence electrons. The van der Waals surface area contributed by atoms with E-state index in [0.29, 0.717) is 13.0 Å². The Morgan fingerprint density at radius 1 is 1.24 bits per heavy atom. The SMILES string of the molecule is C1CCNC1.O=CNCCc1ccc(Cl)cc1. The molecule has 0 spiro atoms. The van der Waals surface area contributed by atoms with Gasteiger partial charge in [-0.15, -0.1) is 0 Å². The standard InChI is InChI=1S/C9H10ClNO.C4H9N/c10-9-3-1-8(2-4-9)5-6-11-7-12;1-2-4-5-3-1/h1-4,7H,5-6H2,(H,11,12);5H,1-4H2. The Labute approximate surface area is 108 Å². The number of halogens is 1. The summed E-state index contributed by atoms with van der Waals surface area (Å²) in [5.41, 5.74) is 1.17. The van der Waals surface area contributed by atoms with Crippen LogP contribution in [0.2, 0.25) is 5.02 Å².